The van der Waals surface area contributed by atoms with E-state index in [0.717, 1.165) is 0 Å². The smallest absolute Gasteiger partial charge is 0.303 e. The molecule has 8 heteroatoms. The third-order valence-corrected chi connectivity index (χ3v) is 4.85. The van der Waals surface area contributed by atoms with Crippen LogP contribution in [0.15, 0.2) is 29.2 Å². The second-order valence-corrected chi connectivity index (χ2v) is 6.92. The molecule has 7 nitrogen and oxygen atoms in total. The first-order valence-electron chi connectivity index (χ1n) is 7.38. The molecular formula is C15H22N2O5S. The van der Waals surface area contributed by atoms with Crippen molar-refractivity contribution in [1.82, 2.24) is 10.0 Å². The molecule has 3 N–H and O–H groups in total. The number of hydrogen-bond acceptors (Lipinski definition) is 4. The predicted octanol–water partition coefficient (Wildman–Crippen LogP) is 1.36. The van der Waals surface area contributed by atoms with Gasteiger partial charge < -0.3 is 10.4 Å². The van der Waals surface area contributed by atoms with Crippen LogP contribution in [0.4, 0.5) is 0 Å². The van der Waals surface area contributed by atoms with Gasteiger partial charge >= 0.3 is 5.97 Å². The fourth-order valence-corrected chi connectivity index (χ4v) is 3.07. The van der Waals surface area contributed by atoms with E-state index in [0.29, 0.717) is 18.4 Å². The van der Waals surface area contributed by atoms with Crippen molar-refractivity contribution in [1.29, 1.82) is 0 Å². The number of benzene rings is 1. The van der Waals surface area contributed by atoms with E-state index in [1.54, 1.807) is 6.92 Å². The first-order chi connectivity index (χ1) is 10.8. The number of hydrogen-bond donors (Lipinski definition) is 3. The lowest BCUT2D eigenvalue weighted by molar-refractivity contribution is -0.137. The molecule has 1 unspecified atom stereocenters. The van der Waals surface area contributed by atoms with Crippen LogP contribution in [0.3, 0.4) is 0 Å². The first-order valence-corrected chi connectivity index (χ1v) is 8.87. The molecule has 1 rings (SSSR count). The third-order valence-electron chi connectivity index (χ3n) is 3.25. The van der Waals surface area contributed by atoms with Gasteiger partial charge in [0.1, 0.15) is 0 Å². The van der Waals surface area contributed by atoms with Crippen LogP contribution in [-0.2, 0) is 14.8 Å². The Morgan fingerprint density at radius 2 is 1.83 bits per heavy atom. The molecule has 0 saturated carbocycles. The summed E-state index contributed by atoms with van der Waals surface area (Å²) in [5, 5.41) is 11.1. The van der Waals surface area contributed by atoms with E-state index in [4.69, 9.17) is 5.11 Å². The topological polar surface area (TPSA) is 113 Å². The zero-order valence-corrected chi connectivity index (χ0v) is 14.0. The lowest BCUT2D eigenvalue weighted by atomic mass is 10.2. The van der Waals surface area contributed by atoms with Gasteiger partial charge in [0.25, 0.3) is 5.91 Å². The molecule has 0 aliphatic carbocycles. The highest BCUT2D eigenvalue weighted by atomic mass is 32.2. The zero-order valence-electron chi connectivity index (χ0n) is 13.2. The highest BCUT2D eigenvalue weighted by Crippen LogP contribution is 2.11. The number of rotatable bonds is 9. The highest BCUT2D eigenvalue weighted by Gasteiger charge is 2.17. The van der Waals surface area contributed by atoms with Crippen LogP contribution in [0, 0.1) is 0 Å². The van der Waals surface area contributed by atoms with Gasteiger partial charge in [0, 0.05) is 24.6 Å². The Morgan fingerprint density at radius 1 is 1.22 bits per heavy atom. The van der Waals surface area contributed by atoms with Gasteiger partial charge in [-0.3, -0.25) is 9.59 Å². The van der Waals surface area contributed by atoms with Crippen LogP contribution >= 0.6 is 0 Å². The maximum atomic E-state index is 12.1. The van der Waals surface area contributed by atoms with E-state index < -0.39 is 16.0 Å². The van der Waals surface area contributed by atoms with E-state index in [1.165, 1.54) is 24.3 Å². The number of carbonyl (C=O) groups excluding carboxylic acids is 1. The number of nitrogens with one attached hydrogen (secondary N) is 2. The van der Waals surface area contributed by atoms with Gasteiger partial charge in [-0.2, -0.15) is 0 Å². The first kappa shape index (κ1) is 19.1. The Morgan fingerprint density at radius 3 is 2.35 bits per heavy atom. The maximum Gasteiger partial charge on any atom is 0.303 e. The van der Waals surface area contributed by atoms with Gasteiger partial charge in [-0.05, 0) is 44.0 Å². The summed E-state index contributed by atoms with van der Waals surface area (Å²) < 4.78 is 26.7. The van der Waals surface area contributed by atoms with Gasteiger partial charge in [-0.1, -0.05) is 6.92 Å². The van der Waals surface area contributed by atoms with E-state index in [9.17, 15) is 18.0 Å². The van der Waals surface area contributed by atoms with Crippen molar-refractivity contribution in [3.05, 3.63) is 29.8 Å². The van der Waals surface area contributed by atoms with Crippen LogP contribution in [0.2, 0.25) is 0 Å². The van der Waals surface area contributed by atoms with Crippen molar-refractivity contribution in [3.8, 4) is 0 Å². The standard InChI is InChI=1S/C15H22N2O5S/c1-3-11(2)17-23(21,22)13-8-6-12(7-9-13)15(20)16-10-4-5-14(18)19/h6-9,11,17H,3-5,10H2,1-2H3,(H,16,20)(H,18,19). The van der Waals surface area contributed by atoms with Crippen molar-refractivity contribution in [2.75, 3.05) is 6.54 Å². The quantitative estimate of drug-likeness (QED) is 0.587. The fraction of sp³-hybridized carbons (Fsp3) is 0.467. The van der Waals surface area contributed by atoms with E-state index >= 15 is 0 Å². The molecule has 128 valence electrons. The number of carboxylic acids is 1. The number of sulfonamides is 1. The summed E-state index contributed by atoms with van der Waals surface area (Å²) in [7, 11) is -3.59. The molecule has 0 aliphatic heterocycles. The number of carboxylic acid groups (broad SMARTS) is 1. The molecule has 1 amide bonds. The van der Waals surface area contributed by atoms with Crippen molar-refractivity contribution in [2.24, 2.45) is 0 Å². The fourth-order valence-electron chi connectivity index (χ4n) is 1.75. The summed E-state index contributed by atoms with van der Waals surface area (Å²) in [5.41, 5.74) is 0.322. The molecule has 23 heavy (non-hydrogen) atoms. The molecule has 0 saturated heterocycles. The second-order valence-electron chi connectivity index (χ2n) is 5.21. The molecule has 0 aromatic heterocycles. The third kappa shape index (κ3) is 6.37. The summed E-state index contributed by atoms with van der Waals surface area (Å²) in [6.45, 7) is 3.90. The van der Waals surface area contributed by atoms with Crippen LogP contribution in [0.1, 0.15) is 43.5 Å². The van der Waals surface area contributed by atoms with Crippen LogP contribution in [0.5, 0.6) is 0 Å². The lowest BCUT2D eigenvalue weighted by Crippen LogP contribution is -2.32. The van der Waals surface area contributed by atoms with E-state index in [-0.39, 0.29) is 29.8 Å². The minimum absolute atomic E-state index is 0.0151. The van der Waals surface area contributed by atoms with Crippen molar-refractivity contribution in [3.63, 3.8) is 0 Å². The van der Waals surface area contributed by atoms with Gasteiger partial charge in [0.2, 0.25) is 10.0 Å². The lowest BCUT2D eigenvalue weighted by Gasteiger charge is -2.12. The van der Waals surface area contributed by atoms with Crippen molar-refractivity contribution < 1.29 is 23.1 Å². The minimum atomic E-state index is -3.59. The molecule has 0 heterocycles. The monoisotopic (exact) mass is 342 g/mol. The van der Waals surface area contributed by atoms with E-state index in [1.807, 2.05) is 6.92 Å². The largest absolute Gasteiger partial charge is 0.481 e. The number of amides is 1. The van der Waals surface area contributed by atoms with Gasteiger partial charge in [0.15, 0.2) is 0 Å². The van der Waals surface area contributed by atoms with Crippen LogP contribution in [-0.4, -0.2) is 38.0 Å². The maximum absolute atomic E-state index is 12.1. The van der Waals surface area contributed by atoms with Gasteiger partial charge in [-0.25, -0.2) is 13.1 Å². The van der Waals surface area contributed by atoms with Crippen LogP contribution < -0.4 is 10.0 Å². The Balaban J connectivity index is 2.65. The molecule has 0 aliphatic rings. The molecule has 0 radical (unpaired) electrons. The molecule has 0 spiro atoms. The summed E-state index contributed by atoms with van der Waals surface area (Å²) >= 11 is 0. The summed E-state index contributed by atoms with van der Waals surface area (Å²) in [4.78, 5) is 22.3. The Hall–Kier alpha value is -1.93. The van der Waals surface area contributed by atoms with Crippen molar-refractivity contribution >= 4 is 21.9 Å². The number of carbonyl (C=O) groups is 2. The van der Waals surface area contributed by atoms with E-state index in [2.05, 4.69) is 10.0 Å². The normalized spacial score (nSPS) is 12.6. The molecule has 0 bridgehead atoms. The average Bonchev–Trinajstić information content (AvgIpc) is 2.50. The predicted molar refractivity (Wildman–Crippen MR) is 85.7 cm³/mol. The van der Waals surface area contributed by atoms with Gasteiger partial charge in [0.05, 0.1) is 4.90 Å². The molecule has 1 aromatic rings. The van der Waals surface area contributed by atoms with Gasteiger partial charge in [-0.15, -0.1) is 0 Å². The Bertz CT molecular complexity index is 640. The molecule has 1 aromatic carbocycles. The number of aliphatic carboxylic acids is 1. The molecule has 0 fully saturated rings. The summed E-state index contributed by atoms with van der Waals surface area (Å²) in [6, 6.07) is 5.43. The second kappa shape index (κ2) is 8.64. The van der Waals surface area contributed by atoms with Crippen molar-refractivity contribution in [2.45, 2.75) is 44.0 Å². The molecular weight excluding hydrogens is 320 g/mol. The minimum Gasteiger partial charge on any atom is -0.481 e. The Kier molecular flexibility index (Phi) is 7.18. The SMILES string of the molecule is CCC(C)NS(=O)(=O)c1ccc(C(=O)NCCCC(=O)O)cc1. The van der Waals surface area contributed by atoms with Crippen LogP contribution in [0.25, 0.3) is 0 Å². The summed E-state index contributed by atoms with van der Waals surface area (Å²) in [5.74, 6) is -1.28. The zero-order chi connectivity index (χ0) is 17.5. The highest BCUT2D eigenvalue weighted by molar-refractivity contribution is 7.89. The summed E-state index contributed by atoms with van der Waals surface area (Å²) in [6.07, 6.45) is 1.00. The molecule has 1 atom stereocenters. The average molecular weight is 342 g/mol. The Labute approximate surface area is 136 Å².